The average Bonchev–Trinajstić information content (AvgIpc) is 2.70. The van der Waals surface area contributed by atoms with E-state index < -0.39 is 4.92 Å². The van der Waals surface area contributed by atoms with E-state index in [2.05, 4.69) is 52.9 Å². The Morgan fingerprint density at radius 1 is 1.07 bits per heavy atom. The second-order valence-electron chi connectivity index (χ2n) is 6.28. The van der Waals surface area contributed by atoms with Gasteiger partial charge in [-0.05, 0) is 28.8 Å². The number of aliphatic imine (C=N–C) groups is 1. The van der Waals surface area contributed by atoms with Crippen molar-refractivity contribution in [1.82, 2.24) is 10.6 Å². The van der Waals surface area contributed by atoms with Crippen LogP contribution in [0, 0.1) is 10.1 Å². The van der Waals surface area contributed by atoms with Gasteiger partial charge in [-0.2, -0.15) is 0 Å². The van der Waals surface area contributed by atoms with Crippen molar-refractivity contribution >= 4 is 22.4 Å². The van der Waals surface area contributed by atoms with E-state index in [0.717, 1.165) is 5.56 Å². The van der Waals surface area contributed by atoms with Gasteiger partial charge in [0.05, 0.1) is 11.0 Å². The van der Waals surface area contributed by atoms with Gasteiger partial charge in [0, 0.05) is 25.7 Å². The third-order valence-electron chi connectivity index (χ3n) is 4.47. The maximum absolute atomic E-state index is 10.7. The van der Waals surface area contributed by atoms with Crippen molar-refractivity contribution in [2.75, 3.05) is 7.05 Å². The summed E-state index contributed by atoms with van der Waals surface area (Å²) >= 11 is 0. The average molecular weight is 362 g/mol. The van der Waals surface area contributed by atoms with Crippen LogP contribution in [0.15, 0.2) is 71.7 Å². The zero-order valence-electron chi connectivity index (χ0n) is 15.3. The summed E-state index contributed by atoms with van der Waals surface area (Å²) in [5.74, 6) is 0.675. The largest absolute Gasteiger partial charge is 0.352 e. The maximum atomic E-state index is 10.7. The van der Waals surface area contributed by atoms with E-state index in [1.54, 1.807) is 19.2 Å². The highest BCUT2D eigenvalue weighted by Gasteiger charge is 2.11. The van der Waals surface area contributed by atoms with Crippen molar-refractivity contribution in [3.8, 4) is 0 Å². The van der Waals surface area contributed by atoms with Crippen LogP contribution < -0.4 is 10.6 Å². The topological polar surface area (TPSA) is 79.6 Å². The zero-order valence-corrected chi connectivity index (χ0v) is 15.3. The lowest BCUT2D eigenvalue weighted by Gasteiger charge is -2.20. The standard InChI is InChI=1S/C21H22N4O2/c1-15(19-9-5-7-17-6-3-4-8-20(17)19)24-21(22-2)23-14-16-10-12-18(13-11-16)25(26)27/h3-13,15H,14H2,1-2H3,(H2,22,23,24). The van der Waals surface area contributed by atoms with Crippen LogP contribution in [0.1, 0.15) is 24.1 Å². The number of non-ortho nitro benzene ring substituents is 1. The molecule has 6 heteroatoms. The molecule has 27 heavy (non-hydrogen) atoms. The highest BCUT2D eigenvalue weighted by atomic mass is 16.6. The normalized spacial score (nSPS) is 12.6. The monoisotopic (exact) mass is 362 g/mol. The van der Waals surface area contributed by atoms with Crippen molar-refractivity contribution in [2.45, 2.75) is 19.5 Å². The van der Waals surface area contributed by atoms with Crippen LogP contribution in [0.4, 0.5) is 5.69 Å². The summed E-state index contributed by atoms with van der Waals surface area (Å²) in [4.78, 5) is 14.6. The number of nitro groups is 1. The molecule has 0 fully saturated rings. The minimum atomic E-state index is -0.399. The van der Waals surface area contributed by atoms with E-state index in [1.165, 1.54) is 28.5 Å². The molecule has 0 saturated heterocycles. The Bertz CT molecular complexity index is 962. The lowest BCUT2D eigenvalue weighted by molar-refractivity contribution is -0.384. The molecule has 0 heterocycles. The first-order valence-corrected chi connectivity index (χ1v) is 8.76. The van der Waals surface area contributed by atoms with E-state index in [9.17, 15) is 10.1 Å². The van der Waals surface area contributed by atoms with Gasteiger partial charge in [-0.1, -0.05) is 54.6 Å². The number of fused-ring (bicyclic) bond motifs is 1. The maximum Gasteiger partial charge on any atom is 0.269 e. The van der Waals surface area contributed by atoms with Crippen molar-refractivity contribution in [3.63, 3.8) is 0 Å². The molecule has 3 rings (SSSR count). The van der Waals surface area contributed by atoms with Gasteiger partial charge in [0.15, 0.2) is 5.96 Å². The van der Waals surface area contributed by atoms with E-state index in [0.29, 0.717) is 12.5 Å². The molecule has 3 aromatic rings. The molecule has 3 aromatic carbocycles. The Balaban J connectivity index is 1.67. The lowest BCUT2D eigenvalue weighted by atomic mass is 10.00. The van der Waals surface area contributed by atoms with Crippen LogP contribution in [0.2, 0.25) is 0 Å². The fourth-order valence-corrected chi connectivity index (χ4v) is 3.03. The smallest absolute Gasteiger partial charge is 0.269 e. The fraction of sp³-hybridized carbons (Fsp3) is 0.190. The third kappa shape index (κ3) is 4.41. The van der Waals surface area contributed by atoms with Crippen molar-refractivity contribution < 1.29 is 4.92 Å². The fourth-order valence-electron chi connectivity index (χ4n) is 3.03. The Morgan fingerprint density at radius 2 is 1.78 bits per heavy atom. The van der Waals surface area contributed by atoms with Crippen molar-refractivity contribution in [3.05, 3.63) is 88.0 Å². The first-order valence-electron chi connectivity index (χ1n) is 8.76. The van der Waals surface area contributed by atoms with E-state index in [-0.39, 0.29) is 11.7 Å². The zero-order chi connectivity index (χ0) is 19.2. The van der Waals surface area contributed by atoms with E-state index in [1.807, 2.05) is 12.1 Å². The summed E-state index contributed by atoms with van der Waals surface area (Å²) < 4.78 is 0. The Labute approximate surface area is 158 Å². The molecule has 0 bridgehead atoms. The summed E-state index contributed by atoms with van der Waals surface area (Å²) in [6.07, 6.45) is 0. The van der Waals surface area contributed by atoms with Crippen LogP contribution in [0.3, 0.4) is 0 Å². The Hall–Kier alpha value is -3.41. The Kier molecular flexibility index (Phi) is 5.66. The molecular formula is C21H22N4O2. The minimum absolute atomic E-state index is 0.0687. The van der Waals surface area contributed by atoms with Crippen LogP contribution in [-0.2, 0) is 6.54 Å². The number of nitrogens with one attached hydrogen (secondary N) is 2. The number of hydrogen-bond donors (Lipinski definition) is 2. The predicted octanol–water partition coefficient (Wildman–Crippen LogP) is 4.17. The van der Waals surface area contributed by atoms with Crippen LogP contribution in [0.25, 0.3) is 10.8 Å². The Morgan fingerprint density at radius 3 is 2.48 bits per heavy atom. The number of nitro benzene ring substituents is 1. The van der Waals surface area contributed by atoms with Gasteiger partial charge in [-0.25, -0.2) is 0 Å². The number of rotatable bonds is 5. The van der Waals surface area contributed by atoms with Crippen molar-refractivity contribution in [1.29, 1.82) is 0 Å². The van der Waals surface area contributed by atoms with Gasteiger partial charge >= 0.3 is 0 Å². The summed E-state index contributed by atoms with van der Waals surface area (Å²) in [5, 5.41) is 19.8. The van der Waals surface area contributed by atoms with Crippen molar-refractivity contribution in [2.24, 2.45) is 4.99 Å². The highest BCUT2D eigenvalue weighted by molar-refractivity contribution is 5.87. The van der Waals surface area contributed by atoms with E-state index >= 15 is 0 Å². The first-order chi connectivity index (χ1) is 13.1. The molecule has 0 aliphatic heterocycles. The van der Waals surface area contributed by atoms with Gasteiger partial charge in [-0.15, -0.1) is 0 Å². The van der Waals surface area contributed by atoms with Crippen LogP contribution in [-0.4, -0.2) is 17.9 Å². The number of hydrogen-bond acceptors (Lipinski definition) is 3. The van der Waals surface area contributed by atoms with Crippen LogP contribution >= 0.6 is 0 Å². The molecule has 0 aliphatic rings. The van der Waals surface area contributed by atoms with Gasteiger partial charge in [0.1, 0.15) is 0 Å². The molecule has 1 unspecified atom stereocenters. The van der Waals surface area contributed by atoms with Gasteiger partial charge in [0.25, 0.3) is 5.69 Å². The first kappa shape index (κ1) is 18.4. The van der Waals surface area contributed by atoms with E-state index in [4.69, 9.17) is 0 Å². The molecule has 0 radical (unpaired) electrons. The third-order valence-corrected chi connectivity index (χ3v) is 4.47. The van der Waals surface area contributed by atoms with Crippen LogP contribution in [0.5, 0.6) is 0 Å². The molecule has 0 amide bonds. The summed E-state index contributed by atoms with van der Waals surface area (Å²) in [6, 6.07) is 21.1. The summed E-state index contributed by atoms with van der Waals surface area (Å²) in [6.45, 7) is 2.63. The quantitative estimate of drug-likeness (QED) is 0.309. The second kappa shape index (κ2) is 8.31. The molecule has 2 N–H and O–H groups in total. The minimum Gasteiger partial charge on any atom is -0.352 e. The number of nitrogens with zero attached hydrogens (tertiary/aromatic N) is 2. The second-order valence-corrected chi connectivity index (χ2v) is 6.28. The molecular weight excluding hydrogens is 340 g/mol. The summed E-state index contributed by atoms with van der Waals surface area (Å²) in [7, 11) is 1.72. The molecule has 0 spiro atoms. The summed E-state index contributed by atoms with van der Waals surface area (Å²) in [5.41, 5.74) is 2.23. The van der Waals surface area contributed by atoms with Gasteiger partial charge in [0.2, 0.25) is 0 Å². The lowest BCUT2D eigenvalue weighted by Crippen LogP contribution is -2.38. The number of benzene rings is 3. The van der Waals surface area contributed by atoms with Gasteiger partial charge < -0.3 is 10.6 Å². The SMILES string of the molecule is CN=C(NCc1ccc([N+](=O)[O-])cc1)NC(C)c1cccc2ccccc12. The van der Waals surface area contributed by atoms with Gasteiger partial charge in [-0.3, -0.25) is 15.1 Å². The predicted molar refractivity (Wildman–Crippen MR) is 109 cm³/mol. The molecule has 6 nitrogen and oxygen atoms in total. The number of guanidine groups is 1. The molecule has 0 saturated carbocycles. The highest BCUT2D eigenvalue weighted by Crippen LogP contribution is 2.24. The molecule has 0 aromatic heterocycles. The molecule has 0 aliphatic carbocycles. The molecule has 1 atom stereocenters. The molecule has 138 valence electrons.